The molecule has 3 N–H and O–H groups in total. The number of nitrogens with one attached hydrogen (secondary N) is 1. The summed E-state index contributed by atoms with van der Waals surface area (Å²) < 4.78 is 18.1. The van der Waals surface area contributed by atoms with E-state index in [0.29, 0.717) is 33.8 Å². The van der Waals surface area contributed by atoms with E-state index in [0.717, 1.165) is 42.1 Å². The Kier molecular flexibility index (Phi) is 13.0. The number of aliphatic carboxylic acids is 1. The molecule has 1 aliphatic rings. The Morgan fingerprint density at radius 3 is 2.05 bits per heavy atom. The van der Waals surface area contributed by atoms with Crippen LogP contribution in [0, 0.1) is 0 Å². The molecule has 5 aromatic carbocycles. The number of hydrogen-bond acceptors (Lipinski definition) is 10. The van der Waals surface area contributed by atoms with Crippen LogP contribution in [0.15, 0.2) is 126 Å². The van der Waals surface area contributed by atoms with Gasteiger partial charge in [0.1, 0.15) is 44.7 Å². The fourth-order valence-corrected chi connectivity index (χ4v) is 13.3. The Morgan fingerprint density at radius 2 is 1.44 bits per heavy atom. The number of carboxylic acids is 1. The van der Waals surface area contributed by atoms with Crippen molar-refractivity contribution in [3.05, 3.63) is 126 Å². The molecule has 1 aromatic heterocycles. The Hall–Kier alpha value is -5.42. The number of ether oxygens (including phenoxy) is 3. The standard InChI is InChI=1S/C44H42N3O7PS2/c1-52-37-25-31(54-30-21-22-35-39(27-30)57-43(46-35)42-47-36(29-56-42)44(50)51)26-38(41(37)49)53-28-40(48)45-23-13-2-3-14-24-55(32-15-7-4-8-16-32,33-17-9-5-10-18-33)34-19-11-6-12-20-34/h4-12,15-22,25-27,36H,2-3,13-14,23-24,28-29H2,1H3,(H2-,45,48,49,50,51)/p+1/t36-/m1/s1. The highest BCUT2D eigenvalue weighted by molar-refractivity contribution is 8.15. The van der Waals surface area contributed by atoms with Gasteiger partial charge >= 0.3 is 5.97 Å². The summed E-state index contributed by atoms with van der Waals surface area (Å²) >= 11 is 2.78. The molecule has 1 amide bonds. The summed E-state index contributed by atoms with van der Waals surface area (Å²) in [6.45, 7) is 0.226. The van der Waals surface area contributed by atoms with Crippen molar-refractivity contribution in [3.63, 3.8) is 0 Å². The lowest BCUT2D eigenvalue weighted by Crippen LogP contribution is -2.33. The third-order valence-corrected chi connectivity index (χ3v) is 16.4. The van der Waals surface area contributed by atoms with Gasteiger partial charge in [0.25, 0.3) is 5.91 Å². The summed E-state index contributed by atoms with van der Waals surface area (Å²) in [7, 11) is -0.438. The predicted octanol–water partition coefficient (Wildman–Crippen LogP) is 7.80. The Bertz CT molecular complexity index is 2250. The van der Waals surface area contributed by atoms with E-state index in [9.17, 15) is 19.8 Å². The normalized spacial score (nSPS) is 13.9. The number of carbonyl (C=O) groups is 2. The number of methoxy groups -OCH3 is 1. The number of aliphatic imine (C=N–C) groups is 1. The summed E-state index contributed by atoms with van der Waals surface area (Å²) in [6, 6.07) is 40.4. The van der Waals surface area contributed by atoms with Gasteiger partial charge in [-0.1, -0.05) is 61.0 Å². The van der Waals surface area contributed by atoms with Crippen LogP contribution in [0.2, 0.25) is 0 Å². The number of thioether (sulfide) groups is 1. The first-order valence-electron chi connectivity index (χ1n) is 18.7. The number of carboxylic acid groups (broad SMARTS) is 1. The predicted molar refractivity (Wildman–Crippen MR) is 232 cm³/mol. The topological polar surface area (TPSA) is 140 Å². The van der Waals surface area contributed by atoms with Gasteiger partial charge in [-0.05, 0) is 67.8 Å². The van der Waals surface area contributed by atoms with Gasteiger partial charge in [-0.25, -0.2) is 9.78 Å². The second kappa shape index (κ2) is 18.7. The fraction of sp³-hybridized carbons (Fsp3) is 0.227. The zero-order valence-electron chi connectivity index (χ0n) is 31.4. The van der Waals surface area contributed by atoms with Crippen molar-refractivity contribution in [3.8, 4) is 28.7 Å². The highest BCUT2D eigenvalue weighted by Gasteiger charge is 2.44. The van der Waals surface area contributed by atoms with Gasteiger partial charge in [0.15, 0.2) is 24.1 Å². The van der Waals surface area contributed by atoms with Gasteiger partial charge < -0.3 is 29.7 Å². The molecular formula is C44H43N3O7PS2+. The number of aromatic nitrogens is 1. The maximum Gasteiger partial charge on any atom is 0.329 e. The Balaban J connectivity index is 0.913. The first-order chi connectivity index (χ1) is 27.8. The molecular weight excluding hydrogens is 778 g/mol. The summed E-state index contributed by atoms with van der Waals surface area (Å²) in [5.74, 6) is -0.0854. The van der Waals surface area contributed by atoms with Crippen molar-refractivity contribution >= 4 is 73.4 Å². The van der Waals surface area contributed by atoms with E-state index >= 15 is 0 Å². The van der Waals surface area contributed by atoms with Gasteiger partial charge in [-0.15, -0.1) is 23.1 Å². The van der Waals surface area contributed by atoms with Crippen molar-refractivity contribution in [2.75, 3.05) is 32.2 Å². The van der Waals surface area contributed by atoms with E-state index in [4.69, 9.17) is 14.2 Å². The molecule has 0 radical (unpaired) electrons. The summed E-state index contributed by atoms with van der Waals surface area (Å²) in [4.78, 5) is 33.0. The number of fused-ring (bicyclic) bond motifs is 1. The highest BCUT2D eigenvalue weighted by Crippen LogP contribution is 2.56. The molecule has 0 saturated carbocycles. The van der Waals surface area contributed by atoms with E-state index in [1.165, 1.54) is 58.3 Å². The second-order valence-corrected chi connectivity index (χ2v) is 19.1. The molecule has 57 heavy (non-hydrogen) atoms. The first-order valence-corrected chi connectivity index (χ1v) is 22.5. The second-order valence-electron chi connectivity index (χ2n) is 13.4. The van der Waals surface area contributed by atoms with Crippen molar-refractivity contribution in [2.24, 2.45) is 4.99 Å². The van der Waals surface area contributed by atoms with Crippen LogP contribution in [-0.4, -0.2) is 70.3 Å². The molecule has 0 fully saturated rings. The lowest BCUT2D eigenvalue weighted by molar-refractivity contribution is -0.137. The molecule has 7 rings (SSSR count). The number of phenolic OH excluding ortho intramolecular Hbond substituents is 1. The average molecular weight is 821 g/mol. The minimum Gasteiger partial charge on any atom is -0.502 e. The fourth-order valence-electron chi connectivity index (χ4n) is 6.83. The van der Waals surface area contributed by atoms with Crippen LogP contribution in [0.25, 0.3) is 10.2 Å². The maximum atomic E-state index is 12.8. The smallest absolute Gasteiger partial charge is 0.329 e. The zero-order valence-corrected chi connectivity index (χ0v) is 33.9. The number of amides is 1. The molecule has 10 nitrogen and oxygen atoms in total. The molecule has 6 aromatic rings. The van der Waals surface area contributed by atoms with E-state index in [-0.39, 0.29) is 29.8 Å². The van der Waals surface area contributed by atoms with Crippen LogP contribution in [-0.2, 0) is 9.59 Å². The molecule has 1 aliphatic heterocycles. The van der Waals surface area contributed by atoms with Gasteiger partial charge in [-0.2, -0.15) is 0 Å². The molecule has 0 bridgehead atoms. The number of phenols is 1. The van der Waals surface area contributed by atoms with E-state index in [2.05, 4.69) is 106 Å². The number of unbranched alkanes of at least 4 members (excludes halogenated alkanes) is 3. The quantitative estimate of drug-likeness (QED) is 0.0586. The van der Waals surface area contributed by atoms with Gasteiger partial charge in [0.2, 0.25) is 5.75 Å². The lowest BCUT2D eigenvalue weighted by Gasteiger charge is -2.27. The highest BCUT2D eigenvalue weighted by atomic mass is 32.2. The number of benzene rings is 5. The average Bonchev–Trinajstić information content (AvgIpc) is 3.91. The molecule has 2 heterocycles. The molecule has 1 atom stereocenters. The van der Waals surface area contributed by atoms with E-state index in [1.54, 1.807) is 6.07 Å². The van der Waals surface area contributed by atoms with Crippen molar-refractivity contribution in [2.45, 2.75) is 31.7 Å². The molecule has 0 spiro atoms. The van der Waals surface area contributed by atoms with Crippen LogP contribution < -0.4 is 35.4 Å². The largest absolute Gasteiger partial charge is 0.502 e. The molecule has 292 valence electrons. The van der Waals surface area contributed by atoms with E-state index in [1.807, 2.05) is 12.1 Å². The number of thiazole rings is 1. The third kappa shape index (κ3) is 9.42. The minimum absolute atomic E-state index is 0.0481. The molecule has 0 aliphatic carbocycles. The summed E-state index contributed by atoms with van der Waals surface area (Å²) in [5.41, 5.74) is 0.736. The zero-order chi connectivity index (χ0) is 39.6. The molecule has 0 unspecified atom stereocenters. The molecule has 0 saturated heterocycles. The van der Waals surface area contributed by atoms with Crippen LogP contribution in [0.5, 0.6) is 28.7 Å². The van der Waals surface area contributed by atoms with Crippen LogP contribution in [0.1, 0.15) is 30.7 Å². The lowest BCUT2D eigenvalue weighted by atomic mass is 10.2. The van der Waals surface area contributed by atoms with Crippen LogP contribution >= 0.6 is 30.4 Å². The van der Waals surface area contributed by atoms with Gasteiger partial charge in [0, 0.05) is 30.5 Å². The Morgan fingerprint density at radius 1 is 0.807 bits per heavy atom. The number of carbonyl (C=O) groups excluding carboxylic acids is 1. The number of nitrogens with zero attached hydrogens (tertiary/aromatic N) is 2. The summed E-state index contributed by atoms with van der Waals surface area (Å²) in [6.07, 6.45) is 4.98. The van der Waals surface area contributed by atoms with Crippen molar-refractivity contribution in [1.29, 1.82) is 0 Å². The summed E-state index contributed by atoms with van der Waals surface area (Å²) in [5, 5.41) is 28.4. The van der Waals surface area contributed by atoms with Crippen LogP contribution in [0.3, 0.4) is 0 Å². The Labute approximate surface area is 340 Å². The number of aromatic hydroxyl groups is 1. The van der Waals surface area contributed by atoms with Gasteiger partial charge in [0.05, 0.1) is 23.5 Å². The maximum absolute atomic E-state index is 12.8. The number of rotatable bonds is 18. The van der Waals surface area contributed by atoms with Crippen molar-refractivity contribution in [1.82, 2.24) is 10.3 Å². The monoisotopic (exact) mass is 820 g/mol. The van der Waals surface area contributed by atoms with E-state index < -0.39 is 19.3 Å². The number of hydrogen-bond donors (Lipinski definition) is 3. The minimum atomic E-state index is -1.86. The van der Waals surface area contributed by atoms with Crippen molar-refractivity contribution < 1.29 is 34.0 Å². The van der Waals surface area contributed by atoms with Gasteiger partial charge in [-0.3, -0.25) is 9.79 Å². The third-order valence-electron chi connectivity index (χ3n) is 9.64. The molecule has 13 heteroatoms. The first kappa shape index (κ1) is 39.8. The van der Waals surface area contributed by atoms with Crippen LogP contribution in [0.4, 0.5) is 0 Å². The SMILES string of the molecule is COc1cc(Oc2ccc3nc(C4=N[C@@H](C(=O)O)CS4)sc3c2)cc(OCC(=O)NCCCCCC[P+](c2ccccc2)(c2ccccc2)c2ccccc2)c1O.